The molecule has 0 spiro atoms. The molecular formula is C25H31N3O4S. The largest absolute Gasteiger partial charge is 0.325 e. The molecule has 0 radical (unpaired) electrons. The molecule has 0 aromatic heterocycles. The number of benzene rings is 2. The molecule has 4 rings (SSSR count). The first-order valence-electron chi connectivity index (χ1n) is 11.4. The van der Waals surface area contributed by atoms with Crippen LogP contribution in [-0.4, -0.2) is 44.2 Å². The molecule has 2 aromatic carbocycles. The van der Waals surface area contributed by atoms with E-state index in [1.165, 1.54) is 13.1 Å². The molecule has 1 saturated carbocycles. The van der Waals surface area contributed by atoms with Crippen molar-refractivity contribution >= 4 is 33.2 Å². The standard InChI is InChI=1S/C25H31N3O4S/c1-16-8-9-17(2)22(12-16)26-24(29)15-27(4)33(31,32)21-10-11-23-20(14-21)13-18(3)28(23)25(30)19-6-5-7-19/h8-12,14,18-19H,5-7,13,15H2,1-4H3,(H,26,29). The number of aryl methyl sites for hydroxylation is 2. The number of hydrogen-bond donors (Lipinski definition) is 1. The molecule has 33 heavy (non-hydrogen) atoms. The Labute approximate surface area is 195 Å². The Bertz CT molecular complexity index is 1200. The molecule has 176 valence electrons. The lowest BCUT2D eigenvalue weighted by atomic mass is 9.84. The maximum Gasteiger partial charge on any atom is 0.243 e. The quantitative estimate of drug-likeness (QED) is 0.700. The molecule has 1 unspecified atom stereocenters. The van der Waals surface area contributed by atoms with Gasteiger partial charge in [-0.3, -0.25) is 9.59 Å². The summed E-state index contributed by atoms with van der Waals surface area (Å²) in [4.78, 5) is 27.4. The number of rotatable bonds is 6. The summed E-state index contributed by atoms with van der Waals surface area (Å²) in [6, 6.07) is 10.6. The summed E-state index contributed by atoms with van der Waals surface area (Å²) in [7, 11) is -2.46. The Kier molecular flexibility index (Phi) is 6.33. The number of likely N-dealkylation sites (N-methyl/N-ethyl adjacent to an activating group) is 1. The third kappa shape index (κ3) is 4.54. The molecule has 1 N–H and O–H groups in total. The van der Waals surface area contributed by atoms with Crippen molar-refractivity contribution in [1.82, 2.24) is 4.31 Å². The van der Waals surface area contributed by atoms with Crippen LogP contribution in [0.1, 0.15) is 42.9 Å². The second-order valence-corrected chi connectivity index (χ2v) is 11.4. The summed E-state index contributed by atoms with van der Waals surface area (Å²) in [5.74, 6) is -0.173. The fraction of sp³-hybridized carbons (Fsp3) is 0.440. The third-order valence-electron chi connectivity index (χ3n) is 6.70. The number of nitrogens with zero attached hydrogens (tertiary/aromatic N) is 2. The predicted molar refractivity (Wildman–Crippen MR) is 129 cm³/mol. The number of amides is 2. The van der Waals surface area contributed by atoms with E-state index in [4.69, 9.17) is 0 Å². The van der Waals surface area contributed by atoms with Crippen molar-refractivity contribution in [2.45, 2.75) is 57.4 Å². The topological polar surface area (TPSA) is 86.8 Å². The highest BCUT2D eigenvalue weighted by molar-refractivity contribution is 7.89. The van der Waals surface area contributed by atoms with Crippen LogP contribution in [0.2, 0.25) is 0 Å². The highest BCUT2D eigenvalue weighted by atomic mass is 32.2. The number of fused-ring (bicyclic) bond motifs is 1. The minimum Gasteiger partial charge on any atom is -0.325 e. The number of anilines is 2. The highest BCUT2D eigenvalue weighted by Gasteiger charge is 2.37. The average molecular weight is 470 g/mol. The Balaban J connectivity index is 1.49. The van der Waals surface area contributed by atoms with Gasteiger partial charge in [-0.25, -0.2) is 8.42 Å². The van der Waals surface area contributed by atoms with Crippen molar-refractivity contribution in [1.29, 1.82) is 0 Å². The van der Waals surface area contributed by atoms with Crippen molar-refractivity contribution in [3.8, 4) is 0 Å². The molecule has 2 aliphatic rings. The van der Waals surface area contributed by atoms with Crippen LogP contribution >= 0.6 is 0 Å². The van der Waals surface area contributed by atoms with Crippen LogP contribution < -0.4 is 10.2 Å². The maximum atomic E-state index is 13.2. The van der Waals surface area contributed by atoms with Gasteiger partial charge < -0.3 is 10.2 Å². The SMILES string of the molecule is Cc1ccc(C)c(NC(=O)CN(C)S(=O)(=O)c2ccc3c(c2)CC(C)N3C(=O)C2CCC2)c1. The van der Waals surface area contributed by atoms with Gasteiger partial charge in [-0.1, -0.05) is 18.6 Å². The van der Waals surface area contributed by atoms with E-state index in [9.17, 15) is 18.0 Å². The van der Waals surface area contributed by atoms with Crippen LogP contribution in [-0.2, 0) is 26.0 Å². The minimum absolute atomic E-state index is 0.00660. The van der Waals surface area contributed by atoms with Crippen molar-refractivity contribution in [3.05, 3.63) is 53.1 Å². The molecule has 0 bridgehead atoms. The molecule has 2 amide bonds. The van der Waals surface area contributed by atoms with Crippen LogP contribution in [0, 0.1) is 19.8 Å². The number of carbonyl (C=O) groups excluding carboxylic acids is 2. The Hall–Kier alpha value is -2.71. The van der Waals surface area contributed by atoms with E-state index in [1.54, 1.807) is 12.1 Å². The van der Waals surface area contributed by atoms with Crippen LogP contribution in [0.4, 0.5) is 11.4 Å². The predicted octanol–water partition coefficient (Wildman–Crippen LogP) is 3.64. The van der Waals surface area contributed by atoms with Crippen molar-refractivity contribution in [2.24, 2.45) is 5.92 Å². The zero-order chi connectivity index (χ0) is 23.9. The molecule has 1 atom stereocenters. The lowest BCUT2D eigenvalue weighted by molar-refractivity contribution is -0.125. The van der Waals surface area contributed by atoms with Crippen LogP contribution in [0.3, 0.4) is 0 Å². The maximum absolute atomic E-state index is 13.2. The smallest absolute Gasteiger partial charge is 0.243 e. The Morgan fingerprint density at radius 1 is 1.12 bits per heavy atom. The number of nitrogens with one attached hydrogen (secondary N) is 1. The first kappa shape index (κ1) is 23.4. The minimum atomic E-state index is -3.86. The number of sulfonamides is 1. The molecule has 0 saturated heterocycles. The van der Waals surface area contributed by atoms with Crippen LogP contribution in [0.25, 0.3) is 0 Å². The second kappa shape index (κ2) is 8.91. The average Bonchev–Trinajstić information content (AvgIpc) is 3.04. The fourth-order valence-electron chi connectivity index (χ4n) is 4.48. The van der Waals surface area contributed by atoms with Gasteiger partial charge in [0.05, 0.1) is 11.4 Å². The van der Waals surface area contributed by atoms with E-state index in [1.807, 2.05) is 43.9 Å². The third-order valence-corrected chi connectivity index (χ3v) is 8.50. The summed E-state index contributed by atoms with van der Waals surface area (Å²) < 4.78 is 27.4. The second-order valence-electron chi connectivity index (χ2n) is 9.31. The van der Waals surface area contributed by atoms with Gasteiger partial charge in [0, 0.05) is 30.4 Å². The Morgan fingerprint density at radius 2 is 1.85 bits per heavy atom. The van der Waals surface area contributed by atoms with Gasteiger partial charge in [0.2, 0.25) is 21.8 Å². The van der Waals surface area contributed by atoms with E-state index in [0.29, 0.717) is 12.1 Å². The van der Waals surface area contributed by atoms with Crippen molar-refractivity contribution in [3.63, 3.8) is 0 Å². The molecule has 7 nitrogen and oxygen atoms in total. The summed E-state index contributed by atoms with van der Waals surface area (Å²) in [6.45, 7) is 5.52. The van der Waals surface area contributed by atoms with Crippen LogP contribution in [0.15, 0.2) is 41.3 Å². The number of carbonyl (C=O) groups is 2. The van der Waals surface area contributed by atoms with Gasteiger partial charge in [0.1, 0.15) is 0 Å². The summed E-state index contributed by atoms with van der Waals surface area (Å²) >= 11 is 0. The highest BCUT2D eigenvalue weighted by Crippen LogP contribution is 2.38. The molecular weight excluding hydrogens is 438 g/mol. The molecule has 1 heterocycles. The normalized spacial score (nSPS) is 18.2. The lowest BCUT2D eigenvalue weighted by Gasteiger charge is -2.32. The lowest BCUT2D eigenvalue weighted by Crippen LogP contribution is -2.42. The fourth-order valence-corrected chi connectivity index (χ4v) is 5.66. The molecule has 1 aliphatic heterocycles. The first-order chi connectivity index (χ1) is 15.6. The monoisotopic (exact) mass is 469 g/mol. The van der Waals surface area contributed by atoms with Gasteiger partial charge >= 0.3 is 0 Å². The molecule has 1 fully saturated rings. The van der Waals surface area contributed by atoms with Gasteiger partial charge in [0.15, 0.2) is 0 Å². The zero-order valence-corrected chi connectivity index (χ0v) is 20.4. The molecule has 2 aromatic rings. The molecule has 1 aliphatic carbocycles. The zero-order valence-electron chi connectivity index (χ0n) is 19.6. The van der Waals surface area contributed by atoms with Crippen molar-refractivity contribution < 1.29 is 18.0 Å². The summed E-state index contributed by atoms with van der Waals surface area (Å²) in [6.07, 6.45) is 3.57. The summed E-state index contributed by atoms with van der Waals surface area (Å²) in [5.41, 5.74) is 4.24. The van der Waals surface area contributed by atoms with Gasteiger partial charge in [-0.15, -0.1) is 0 Å². The van der Waals surface area contributed by atoms with Gasteiger partial charge in [0.25, 0.3) is 0 Å². The van der Waals surface area contributed by atoms with E-state index >= 15 is 0 Å². The molecule has 8 heteroatoms. The van der Waals surface area contributed by atoms with Crippen molar-refractivity contribution in [2.75, 3.05) is 23.8 Å². The number of hydrogen-bond acceptors (Lipinski definition) is 4. The van der Waals surface area contributed by atoms with E-state index < -0.39 is 15.9 Å². The summed E-state index contributed by atoms with van der Waals surface area (Å²) in [5, 5.41) is 2.80. The van der Waals surface area contributed by atoms with E-state index in [0.717, 1.165) is 45.9 Å². The van der Waals surface area contributed by atoms with Gasteiger partial charge in [-0.2, -0.15) is 4.31 Å². The van der Waals surface area contributed by atoms with E-state index in [-0.39, 0.29) is 29.3 Å². The van der Waals surface area contributed by atoms with Crippen LogP contribution in [0.5, 0.6) is 0 Å². The Morgan fingerprint density at radius 3 is 2.52 bits per heavy atom. The first-order valence-corrected chi connectivity index (χ1v) is 12.8. The van der Waals surface area contributed by atoms with E-state index in [2.05, 4.69) is 5.32 Å². The van der Waals surface area contributed by atoms with Gasteiger partial charge in [-0.05, 0) is 81.0 Å².